The molecule has 2 fully saturated rings. The molecule has 1 saturated carbocycles. The Bertz CT molecular complexity index is 561. The van der Waals surface area contributed by atoms with Crippen LogP contribution in [-0.2, 0) is 9.59 Å². The molecule has 132 valence electrons. The fourth-order valence-electron chi connectivity index (χ4n) is 3.68. The van der Waals surface area contributed by atoms with Crippen LogP contribution in [0.3, 0.4) is 0 Å². The third-order valence-corrected chi connectivity index (χ3v) is 5.40. The lowest BCUT2D eigenvalue weighted by atomic mass is 9.95. The zero-order valence-corrected chi connectivity index (χ0v) is 14.7. The van der Waals surface area contributed by atoms with Crippen LogP contribution in [0, 0.1) is 11.8 Å². The fourth-order valence-corrected chi connectivity index (χ4v) is 3.68. The maximum Gasteiger partial charge on any atom is 0.226 e. The standard InChI is InChI=1S/C19H28N2O3/c1-3-4-9-20(2)18(22)14-7-10-21(11-8-14)19(23)16-13-15(16)17-6-5-12-24-17/h5-6,12,14-16H,3-4,7-11,13H2,1-2H3. The molecule has 0 spiro atoms. The Balaban J connectivity index is 1.45. The lowest BCUT2D eigenvalue weighted by Gasteiger charge is -2.33. The van der Waals surface area contributed by atoms with Gasteiger partial charge >= 0.3 is 0 Å². The summed E-state index contributed by atoms with van der Waals surface area (Å²) in [7, 11) is 1.90. The number of rotatable bonds is 6. The van der Waals surface area contributed by atoms with E-state index in [2.05, 4.69) is 6.92 Å². The molecule has 2 amide bonds. The fraction of sp³-hybridized carbons (Fsp3) is 0.684. The van der Waals surface area contributed by atoms with E-state index in [1.807, 2.05) is 29.0 Å². The SMILES string of the molecule is CCCCN(C)C(=O)C1CCN(C(=O)C2CC2c2ccco2)CC1. The topological polar surface area (TPSA) is 53.8 Å². The van der Waals surface area contributed by atoms with Crippen LogP contribution < -0.4 is 0 Å². The molecule has 1 aliphatic heterocycles. The van der Waals surface area contributed by atoms with Gasteiger partial charge in [-0.1, -0.05) is 13.3 Å². The highest BCUT2D eigenvalue weighted by Gasteiger charge is 2.48. The van der Waals surface area contributed by atoms with Crippen LogP contribution in [0.4, 0.5) is 0 Å². The molecule has 24 heavy (non-hydrogen) atoms. The number of amides is 2. The van der Waals surface area contributed by atoms with E-state index in [0.29, 0.717) is 13.1 Å². The van der Waals surface area contributed by atoms with Gasteiger partial charge in [0.05, 0.1) is 6.26 Å². The maximum absolute atomic E-state index is 12.6. The van der Waals surface area contributed by atoms with Gasteiger partial charge < -0.3 is 14.2 Å². The van der Waals surface area contributed by atoms with Crippen LogP contribution in [0.15, 0.2) is 22.8 Å². The van der Waals surface area contributed by atoms with Crippen molar-refractivity contribution in [3.63, 3.8) is 0 Å². The number of unbranched alkanes of at least 4 members (excludes halogenated alkanes) is 1. The summed E-state index contributed by atoms with van der Waals surface area (Å²) in [6.07, 6.45) is 6.29. The van der Waals surface area contributed by atoms with Crippen LogP contribution in [0.2, 0.25) is 0 Å². The molecule has 0 N–H and O–H groups in total. The number of hydrogen-bond acceptors (Lipinski definition) is 3. The molecule has 1 aromatic heterocycles. The predicted octanol–water partition coefficient (Wildman–Crippen LogP) is 2.88. The monoisotopic (exact) mass is 332 g/mol. The lowest BCUT2D eigenvalue weighted by molar-refractivity contribution is -0.140. The van der Waals surface area contributed by atoms with Gasteiger partial charge in [0.2, 0.25) is 11.8 Å². The van der Waals surface area contributed by atoms with E-state index in [-0.39, 0.29) is 29.6 Å². The van der Waals surface area contributed by atoms with Crippen LogP contribution in [0.5, 0.6) is 0 Å². The number of piperidine rings is 1. The van der Waals surface area contributed by atoms with Crippen LogP contribution in [0.25, 0.3) is 0 Å². The van der Waals surface area contributed by atoms with Gasteiger partial charge in [0.15, 0.2) is 0 Å². The van der Waals surface area contributed by atoms with Gasteiger partial charge in [0, 0.05) is 44.4 Å². The quantitative estimate of drug-likeness (QED) is 0.805. The smallest absolute Gasteiger partial charge is 0.226 e. The van der Waals surface area contributed by atoms with Gasteiger partial charge in [-0.2, -0.15) is 0 Å². The first-order valence-electron chi connectivity index (χ1n) is 9.19. The van der Waals surface area contributed by atoms with Crippen molar-refractivity contribution in [1.82, 2.24) is 9.80 Å². The molecule has 5 nitrogen and oxygen atoms in total. The molecule has 2 aliphatic rings. The molecular formula is C19H28N2O3. The molecule has 0 bridgehead atoms. The summed E-state index contributed by atoms with van der Waals surface area (Å²) in [5.41, 5.74) is 0. The molecular weight excluding hydrogens is 304 g/mol. The van der Waals surface area contributed by atoms with Crippen molar-refractivity contribution in [2.24, 2.45) is 11.8 Å². The summed E-state index contributed by atoms with van der Waals surface area (Å²) in [6.45, 7) is 4.38. The first-order chi connectivity index (χ1) is 11.6. The zero-order valence-electron chi connectivity index (χ0n) is 14.7. The maximum atomic E-state index is 12.6. The van der Waals surface area contributed by atoms with E-state index in [1.165, 1.54) is 0 Å². The van der Waals surface area contributed by atoms with Crippen LogP contribution in [0.1, 0.15) is 50.7 Å². The number of likely N-dealkylation sites (tertiary alicyclic amines) is 1. The molecule has 2 atom stereocenters. The van der Waals surface area contributed by atoms with Crippen molar-refractivity contribution in [2.45, 2.75) is 44.9 Å². The minimum atomic E-state index is 0.0793. The molecule has 1 saturated heterocycles. The molecule has 5 heteroatoms. The summed E-state index contributed by atoms with van der Waals surface area (Å²) in [5, 5.41) is 0. The van der Waals surface area contributed by atoms with Crippen LogP contribution >= 0.6 is 0 Å². The first-order valence-corrected chi connectivity index (χ1v) is 9.19. The van der Waals surface area contributed by atoms with Gasteiger partial charge in [-0.15, -0.1) is 0 Å². The Labute approximate surface area is 144 Å². The summed E-state index contributed by atoms with van der Waals surface area (Å²) in [5.74, 6) is 1.83. The molecule has 2 heterocycles. The summed E-state index contributed by atoms with van der Waals surface area (Å²) in [6, 6.07) is 3.83. The van der Waals surface area contributed by atoms with Gasteiger partial charge in [0.1, 0.15) is 5.76 Å². The first kappa shape index (κ1) is 17.1. The normalized spacial score (nSPS) is 24.0. The third-order valence-electron chi connectivity index (χ3n) is 5.40. The van der Waals surface area contributed by atoms with Crippen molar-refractivity contribution in [2.75, 3.05) is 26.7 Å². The second kappa shape index (κ2) is 7.41. The molecule has 3 rings (SSSR count). The summed E-state index contributed by atoms with van der Waals surface area (Å²) in [4.78, 5) is 28.9. The zero-order chi connectivity index (χ0) is 17.1. The second-order valence-corrected chi connectivity index (χ2v) is 7.18. The molecule has 1 aromatic rings. The van der Waals surface area contributed by atoms with Gasteiger partial charge in [-0.3, -0.25) is 9.59 Å². The second-order valence-electron chi connectivity index (χ2n) is 7.18. The summed E-state index contributed by atoms with van der Waals surface area (Å²) >= 11 is 0. The minimum absolute atomic E-state index is 0.0793. The highest BCUT2D eigenvalue weighted by atomic mass is 16.3. The van der Waals surface area contributed by atoms with Gasteiger partial charge in [-0.05, 0) is 37.8 Å². The molecule has 0 aromatic carbocycles. The Morgan fingerprint density at radius 1 is 1.33 bits per heavy atom. The van der Waals surface area contributed by atoms with Crippen molar-refractivity contribution in [1.29, 1.82) is 0 Å². The molecule has 2 unspecified atom stereocenters. The highest BCUT2D eigenvalue weighted by molar-refractivity contribution is 5.83. The molecule has 0 radical (unpaired) electrons. The minimum Gasteiger partial charge on any atom is -0.469 e. The average molecular weight is 332 g/mol. The number of carbonyl (C=O) groups excluding carboxylic acids is 2. The van der Waals surface area contributed by atoms with Gasteiger partial charge in [0.25, 0.3) is 0 Å². The number of nitrogens with zero attached hydrogens (tertiary/aromatic N) is 2. The number of carbonyl (C=O) groups is 2. The van der Waals surface area contributed by atoms with E-state index in [9.17, 15) is 9.59 Å². The van der Waals surface area contributed by atoms with Crippen molar-refractivity contribution >= 4 is 11.8 Å². The molecule has 1 aliphatic carbocycles. The highest BCUT2D eigenvalue weighted by Crippen LogP contribution is 2.48. The Hall–Kier alpha value is -1.78. The average Bonchev–Trinajstić information content (AvgIpc) is 3.23. The van der Waals surface area contributed by atoms with Crippen LogP contribution in [-0.4, -0.2) is 48.3 Å². The number of hydrogen-bond donors (Lipinski definition) is 0. The van der Waals surface area contributed by atoms with Gasteiger partial charge in [-0.25, -0.2) is 0 Å². The predicted molar refractivity (Wildman–Crippen MR) is 91.4 cm³/mol. The van der Waals surface area contributed by atoms with Crippen molar-refractivity contribution in [3.05, 3.63) is 24.2 Å². The lowest BCUT2D eigenvalue weighted by Crippen LogP contribution is -2.44. The van der Waals surface area contributed by atoms with E-state index < -0.39 is 0 Å². The van der Waals surface area contributed by atoms with E-state index >= 15 is 0 Å². The van der Waals surface area contributed by atoms with E-state index in [1.54, 1.807) is 6.26 Å². The van der Waals surface area contributed by atoms with E-state index in [4.69, 9.17) is 4.42 Å². The van der Waals surface area contributed by atoms with E-state index in [0.717, 1.165) is 44.4 Å². The largest absolute Gasteiger partial charge is 0.469 e. The number of furan rings is 1. The third kappa shape index (κ3) is 3.65. The van der Waals surface area contributed by atoms with Crippen molar-refractivity contribution < 1.29 is 14.0 Å². The Morgan fingerprint density at radius 2 is 2.08 bits per heavy atom. The van der Waals surface area contributed by atoms with Crippen molar-refractivity contribution in [3.8, 4) is 0 Å². The Morgan fingerprint density at radius 3 is 2.71 bits per heavy atom. The Kier molecular flexibility index (Phi) is 5.27. The summed E-state index contributed by atoms with van der Waals surface area (Å²) < 4.78 is 5.41.